The Balaban J connectivity index is 1.42. The first-order valence-electron chi connectivity index (χ1n) is 11.4. The van der Waals surface area contributed by atoms with Crippen LogP contribution in [0.2, 0.25) is 0 Å². The molecule has 2 atom stereocenters. The molecular formula is C25H32N2O3S. The van der Waals surface area contributed by atoms with Crippen molar-refractivity contribution >= 4 is 23.2 Å². The zero-order valence-corrected chi connectivity index (χ0v) is 19.1. The quantitative estimate of drug-likeness (QED) is 0.648. The molecule has 4 rings (SSSR count). The molecule has 1 aromatic heterocycles. The Labute approximate surface area is 189 Å². The van der Waals surface area contributed by atoms with Gasteiger partial charge in [0.15, 0.2) is 0 Å². The van der Waals surface area contributed by atoms with Crippen LogP contribution in [0.25, 0.3) is 10.4 Å². The second-order valence-corrected chi connectivity index (χ2v) is 9.45. The molecule has 2 aliphatic rings. The molecule has 3 heterocycles. The predicted molar refractivity (Wildman–Crippen MR) is 124 cm³/mol. The lowest BCUT2D eigenvalue weighted by Gasteiger charge is -2.24. The van der Waals surface area contributed by atoms with Gasteiger partial charge in [-0.2, -0.15) is 0 Å². The summed E-state index contributed by atoms with van der Waals surface area (Å²) in [6.07, 6.45) is 4.33. The van der Waals surface area contributed by atoms with Crippen molar-refractivity contribution in [1.82, 2.24) is 9.80 Å². The van der Waals surface area contributed by atoms with Crippen LogP contribution in [0.15, 0.2) is 41.8 Å². The largest absolute Gasteiger partial charge is 0.378 e. The van der Waals surface area contributed by atoms with Gasteiger partial charge in [-0.25, -0.2) is 0 Å². The summed E-state index contributed by atoms with van der Waals surface area (Å²) in [5, 5.41) is 2.08. The number of rotatable bonds is 7. The highest BCUT2D eigenvalue weighted by Gasteiger charge is 2.32. The number of hydrogen-bond donors (Lipinski definition) is 0. The Kier molecular flexibility index (Phi) is 7.41. The van der Waals surface area contributed by atoms with Gasteiger partial charge in [0.1, 0.15) is 0 Å². The van der Waals surface area contributed by atoms with E-state index in [0.29, 0.717) is 39.0 Å². The van der Waals surface area contributed by atoms with Gasteiger partial charge >= 0.3 is 0 Å². The van der Waals surface area contributed by atoms with E-state index in [1.807, 2.05) is 16.7 Å². The minimum atomic E-state index is -0.193. The van der Waals surface area contributed by atoms with Crippen molar-refractivity contribution in [3.63, 3.8) is 0 Å². The molecule has 2 aromatic rings. The molecule has 0 spiro atoms. The lowest BCUT2D eigenvalue weighted by molar-refractivity contribution is -0.135. The van der Waals surface area contributed by atoms with Crippen molar-refractivity contribution in [2.45, 2.75) is 45.1 Å². The molecule has 0 saturated carbocycles. The summed E-state index contributed by atoms with van der Waals surface area (Å²) in [6.45, 7) is 5.26. The fourth-order valence-electron chi connectivity index (χ4n) is 4.58. The SMILES string of the molecule is CCN1CCN(C(=O)CCC2CCCO2)CC(Cc2ccc(-c3cccs3)cc2)C1=O. The van der Waals surface area contributed by atoms with E-state index in [-0.39, 0.29) is 23.8 Å². The fraction of sp³-hybridized carbons (Fsp3) is 0.520. The van der Waals surface area contributed by atoms with Gasteiger partial charge in [-0.05, 0) is 55.2 Å². The summed E-state index contributed by atoms with van der Waals surface area (Å²) in [6, 6.07) is 12.7. The number of benzene rings is 1. The van der Waals surface area contributed by atoms with Crippen LogP contribution in [0.4, 0.5) is 0 Å². The third kappa shape index (κ3) is 5.55. The van der Waals surface area contributed by atoms with Crippen molar-refractivity contribution in [1.29, 1.82) is 0 Å². The predicted octanol–water partition coefficient (Wildman–Crippen LogP) is 4.22. The van der Waals surface area contributed by atoms with Gasteiger partial charge < -0.3 is 14.5 Å². The Morgan fingerprint density at radius 2 is 2.03 bits per heavy atom. The maximum absolute atomic E-state index is 13.1. The van der Waals surface area contributed by atoms with Crippen LogP contribution < -0.4 is 0 Å². The zero-order chi connectivity index (χ0) is 21.6. The Morgan fingerprint density at radius 1 is 1.19 bits per heavy atom. The number of carbonyl (C=O) groups is 2. The van der Waals surface area contributed by atoms with E-state index >= 15 is 0 Å². The van der Waals surface area contributed by atoms with Gasteiger partial charge in [0.25, 0.3) is 0 Å². The molecule has 2 saturated heterocycles. The van der Waals surface area contributed by atoms with Crippen molar-refractivity contribution in [3.05, 3.63) is 47.3 Å². The van der Waals surface area contributed by atoms with E-state index < -0.39 is 0 Å². The van der Waals surface area contributed by atoms with E-state index in [4.69, 9.17) is 4.74 Å². The van der Waals surface area contributed by atoms with Crippen LogP contribution in [0.3, 0.4) is 0 Å². The van der Waals surface area contributed by atoms with Gasteiger partial charge in [-0.15, -0.1) is 11.3 Å². The van der Waals surface area contributed by atoms with Crippen LogP contribution in [-0.4, -0.2) is 60.5 Å². The first-order chi connectivity index (χ1) is 15.1. The molecule has 2 aliphatic heterocycles. The Morgan fingerprint density at radius 3 is 2.71 bits per heavy atom. The molecule has 0 N–H and O–H groups in total. The van der Waals surface area contributed by atoms with E-state index in [2.05, 4.69) is 41.8 Å². The number of amides is 2. The van der Waals surface area contributed by atoms with Crippen LogP contribution in [0, 0.1) is 5.92 Å². The van der Waals surface area contributed by atoms with Gasteiger partial charge in [0.05, 0.1) is 12.0 Å². The van der Waals surface area contributed by atoms with E-state index in [1.54, 1.807) is 11.3 Å². The average molecular weight is 441 g/mol. The average Bonchev–Trinajstić information content (AvgIpc) is 3.48. The van der Waals surface area contributed by atoms with E-state index in [9.17, 15) is 9.59 Å². The standard InChI is InChI=1S/C25H32N2O3S/c1-2-26-13-14-27(24(28)12-11-22-5-3-15-30-22)18-21(25(26)29)17-19-7-9-20(10-8-19)23-6-4-16-31-23/h4,6-10,16,21-22H,2-3,5,11-15,17-18H2,1H3. The van der Waals surface area contributed by atoms with Gasteiger partial charge in [0, 0.05) is 44.1 Å². The summed E-state index contributed by atoms with van der Waals surface area (Å²) in [5.74, 6) is 0.125. The normalized spacial score (nSPS) is 22.0. The van der Waals surface area contributed by atoms with Crippen LogP contribution in [-0.2, 0) is 20.7 Å². The molecule has 166 valence electrons. The molecule has 6 heteroatoms. The minimum Gasteiger partial charge on any atom is -0.378 e. The first-order valence-corrected chi connectivity index (χ1v) is 12.3. The summed E-state index contributed by atoms with van der Waals surface area (Å²) < 4.78 is 5.67. The number of nitrogens with zero attached hydrogens (tertiary/aromatic N) is 2. The molecular weight excluding hydrogens is 408 g/mol. The summed E-state index contributed by atoms with van der Waals surface area (Å²) in [7, 11) is 0. The van der Waals surface area contributed by atoms with Crippen molar-refractivity contribution < 1.29 is 14.3 Å². The number of thiophene rings is 1. The highest BCUT2D eigenvalue weighted by molar-refractivity contribution is 7.13. The highest BCUT2D eigenvalue weighted by Crippen LogP contribution is 2.26. The summed E-state index contributed by atoms with van der Waals surface area (Å²) in [5.41, 5.74) is 2.34. The number of carbonyl (C=O) groups excluding carboxylic acids is 2. The Hall–Kier alpha value is -2.18. The van der Waals surface area contributed by atoms with Crippen LogP contribution >= 0.6 is 11.3 Å². The van der Waals surface area contributed by atoms with E-state index in [1.165, 1.54) is 10.4 Å². The monoisotopic (exact) mass is 440 g/mol. The molecule has 2 unspecified atom stereocenters. The minimum absolute atomic E-state index is 0.152. The molecule has 31 heavy (non-hydrogen) atoms. The number of likely N-dealkylation sites (N-methyl/N-ethyl adjacent to an activating group) is 1. The summed E-state index contributed by atoms with van der Waals surface area (Å²) in [4.78, 5) is 31.1. The third-order valence-corrected chi connectivity index (χ3v) is 7.34. The molecule has 2 fully saturated rings. The molecule has 1 aromatic carbocycles. The zero-order valence-electron chi connectivity index (χ0n) is 18.3. The highest BCUT2D eigenvalue weighted by atomic mass is 32.1. The maximum Gasteiger partial charge on any atom is 0.227 e. The molecule has 5 nitrogen and oxygen atoms in total. The first kappa shape index (κ1) is 22.0. The molecule has 0 aliphatic carbocycles. The van der Waals surface area contributed by atoms with Crippen molar-refractivity contribution in [2.75, 3.05) is 32.8 Å². The smallest absolute Gasteiger partial charge is 0.227 e. The van der Waals surface area contributed by atoms with Crippen molar-refractivity contribution in [3.8, 4) is 10.4 Å². The lowest BCUT2D eigenvalue weighted by atomic mass is 9.96. The summed E-state index contributed by atoms with van der Waals surface area (Å²) >= 11 is 1.73. The molecule has 0 bridgehead atoms. The maximum atomic E-state index is 13.1. The second kappa shape index (κ2) is 10.4. The fourth-order valence-corrected chi connectivity index (χ4v) is 5.32. The van der Waals surface area contributed by atoms with E-state index in [0.717, 1.165) is 31.4 Å². The third-order valence-electron chi connectivity index (χ3n) is 6.42. The lowest BCUT2D eigenvalue weighted by Crippen LogP contribution is -2.38. The topological polar surface area (TPSA) is 49.9 Å². The number of ether oxygens (including phenoxy) is 1. The van der Waals surface area contributed by atoms with Gasteiger partial charge in [-0.3, -0.25) is 9.59 Å². The second-order valence-electron chi connectivity index (χ2n) is 8.51. The van der Waals surface area contributed by atoms with Crippen LogP contribution in [0.5, 0.6) is 0 Å². The number of hydrogen-bond acceptors (Lipinski definition) is 4. The molecule has 2 amide bonds. The van der Waals surface area contributed by atoms with Crippen LogP contribution in [0.1, 0.15) is 38.2 Å². The van der Waals surface area contributed by atoms with Gasteiger partial charge in [0.2, 0.25) is 11.8 Å². The van der Waals surface area contributed by atoms with Crippen molar-refractivity contribution in [2.24, 2.45) is 5.92 Å². The Bertz CT molecular complexity index is 859. The molecule has 0 radical (unpaired) electrons. The van der Waals surface area contributed by atoms with Gasteiger partial charge in [-0.1, -0.05) is 30.3 Å².